The molecule has 0 radical (unpaired) electrons. The van der Waals surface area contributed by atoms with Crippen LogP contribution >= 0.6 is 35.1 Å². The van der Waals surface area contributed by atoms with Gasteiger partial charge in [-0.25, -0.2) is 9.59 Å². The second-order valence-electron chi connectivity index (χ2n) is 6.96. The zero-order valence-electron chi connectivity index (χ0n) is 18.4. The van der Waals surface area contributed by atoms with Crippen LogP contribution in [0, 0.1) is 10.1 Å². The van der Waals surface area contributed by atoms with Crippen molar-refractivity contribution in [1.82, 2.24) is 0 Å². The SMILES string of the molecule is O=C(O)c1ccccc1Sc1ccccc1Cl.O=C(O)c1ccccc1Sc1ccccc1[N+](=O)[O-]. The monoisotopic (exact) mass is 539 g/mol. The van der Waals surface area contributed by atoms with Gasteiger partial charge in [-0.15, -0.1) is 0 Å². The van der Waals surface area contributed by atoms with E-state index in [1.807, 2.05) is 24.3 Å². The first-order chi connectivity index (χ1) is 17.3. The van der Waals surface area contributed by atoms with Crippen LogP contribution in [0.2, 0.25) is 5.02 Å². The van der Waals surface area contributed by atoms with Gasteiger partial charge in [0.05, 0.1) is 26.0 Å². The predicted molar refractivity (Wildman–Crippen MR) is 140 cm³/mol. The molecule has 36 heavy (non-hydrogen) atoms. The summed E-state index contributed by atoms with van der Waals surface area (Å²) in [6.45, 7) is 0. The Morgan fingerprint density at radius 1 is 0.639 bits per heavy atom. The molecule has 0 aliphatic rings. The summed E-state index contributed by atoms with van der Waals surface area (Å²) in [7, 11) is 0. The number of carboxylic acid groups (broad SMARTS) is 2. The second-order valence-corrected chi connectivity index (χ2v) is 9.54. The third-order valence-electron chi connectivity index (χ3n) is 4.57. The van der Waals surface area contributed by atoms with Gasteiger partial charge in [-0.3, -0.25) is 10.1 Å². The molecule has 0 amide bonds. The number of nitrogens with zero attached hydrogens (tertiary/aromatic N) is 1. The van der Waals surface area contributed by atoms with Crippen LogP contribution in [0.15, 0.2) is 117 Å². The van der Waals surface area contributed by atoms with Crippen molar-refractivity contribution in [2.24, 2.45) is 0 Å². The molecule has 0 heterocycles. The molecule has 0 bridgehead atoms. The molecule has 4 aromatic rings. The number of carbonyl (C=O) groups is 2. The molecule has 0 saturated heterocycles. The first-order valence-corrected chi connectivity index (χ1v) is 12.3. The van der Waals surface area contributed by atoms with Crippen LogP contribution in [-0.4, -0.2) is 27.1 Å². The zero-order chi connectivity index (χ0) is 26.1. The fraction of sp³-hybridized carbons (Fsp3) is 0. The van der Waals surface area contributed by atoms with Crippen molar-refractivity contribution in [2.75, 3.05) is 0 Å². The average molecular weight is 540 g/mol. The lowest BCUT2D eigenvalue weighted by Crippen LogP contribution is -1.98. The van der Waals surface area contributed by atoms with Crippen molar-refractivity contribution >= 4 is 52.8 Å². The number of hydrogen-bond acceptors (Lipinski definition) is 6. The van der Waals surface area contributed by atoms with E-state index in [-0.39, 0.29) is 16.8 Å². The van der Waals surface area contributed by atoms with Gasteiger partial charge in [0.25, 0.3) is 5.69 Å². The maximum atomic E-state index is 11.1. The normalized spacial score (nSPS) is 10.1. The molecule has 0 aliphatic carbocycles. The number of nitro benzene ring substituents is 1. The third kappa shape index (κ3) is 7.11. The van der Waals surface area contributed by atoms with E-state index >= 15 is 0 Å². The van der Waals surface area contributed by atoms with Crippen molar-refractivity contribution in [1.29, 1.82) is 0 Å². The molecule has 182 valence electrons. The van der Waals surface area contributed by atoms with Crippen LogP contribution in [0.4, 0.5) is 5.69 Å². The highest BCUT2D eigenvalue weighted by atomic mass is 35.5. The molecular formula is C26H18ClNO6S2. The predicted octanol–water partition coefficient (Wildman–Crippen LogP) is 7.63. The Labute approximate surface area is 219 Å². The Morgan fingerprint density at radius 2 is 1.03 bits per heavy atom. The van der Waals surface area contributed by atoms with Crippen LogP contribution in [0.5, 0.6) is 0 Å². The number of halogens is 1. The summed E-state index contributed by atoms with van der Waals surface area (Å²) < 4.78 is 0. The molecule has 7 nitrogen and oxygen atoms in total. The molecule has 4 aromatic carbocycles. The standard InChI is InChI=1S/C13H9ClO2S.C13H9NO4S/c14-10-6-2-4-8-12(10)17-11-7-3-1-5-9(11)13(15)16;15-13(16)9-5-1-3-7-11(9)19-12-8-4-2-6-10(12)14(17)18/h1-8H,(H,15,16);1-8H,(H,15,16). The van der Waals surface area contributed by atoms with E-state index < -0.39 is 16.9 Å². The molecule has 0 fully saturated rings. The maximum absolute atomic E-state index is 11.1. The van der Waals surface area contributed by atoms with Gasteiger partial charge >= 0.3 is 11.9 Å². The van der Waals surface area contributed by atoms with E-state index in [1.165, 1.54) is 23.9 Å². The summed E-state index contributed by atoms with van der Waals surface area (Å²) in [5, 5.41) is 29.7. The van der Waals surface area contributed by atoms with Gasteiger partial charge < -0.3 is 10.2 Å². The summed E-state index contributed by atoms with van der Waals surface area (Å²) in [5.41, 5.74) is 0.385. The van der Waals surface area contributed by atoms with E-state index in [2.05, 4.69) is 0 Å². The lowest BCUT2D eigenvalue weighted by atomic mass is 10.2. The molecule has 0 atom stereocenters. The molecule has 2 N–H and O–H groups in total. The minimum absolute atomic E-state index is 0.0345. The smallest absolute Gasteiger partial charge is 0.336 e. The van der Waals surface area contributed by atoms with Gasteiger partial charge in [0.2, 0.25) is 0 Å². The maximum Gasteiger partial charge on any atom is 0.336 e. The Hall–Kier alpha value is -3.79. The second kappa shape index (κ2) is 12.8. The zero-order valence-corrected chi connectivity index (χ0v) is 20.8. The van der Waals surface area contributed by atoms with E-state index in [4.69, 9.17) is 21.8 Å². The average Bonchev–Trinajstić information content (AvgIpc) is 2.86. The molecule has 0 saturated carbocycles. The number of benzene rings is 4. The minimum atomic E-state index is -1.05. The Kier molecular flexibility index (Phi) is 9.52. The highest BCUT2D eigenvalue weighted by Gasteiger charge is 2.17. The molecule has 4 rings (SSSR count). The van der Waals surface area contributed by atoms with Gasteiger partial charge in [-0.05, 0) is 42.5 Å². The van der Waals surface area contributed by atoms with Gasteiger partial charge in [0.15, 0.2) is 0 Å². The van der Waals surface area contributed by atoms with E-state index in [1.54, 1.807) is 60.7 Å². The Bertz CT molecular complexity index is 1360. The molecule has 0 unspecified atom stereocenters. The summed E-state index contributed by atoms with van der Waals surface area (Å²) >= 11 is 8.47. The number of carboxylic acids is 2. The minimum Gasteiger partial charge on any atom is -0.478 e. The van der Waals surface area contributed by atoms with Crippen molar-refractivity contribution in [2.45, 2.75) is 19.6 Å². The first-order valence-electron chi connectivity index (χ1n) is 10.3. The fourth-order valence-electron chi connectivity index (χ4n) is 2.92. The van der Waals surface area contributed by atoms with E-state index in [9.17, 15) is 19.7 Å². The molecule has 0 aromatic heterocycles. The largest absolute Gasteiger partial charge is 0.478 e. The van der Waals surface area contributed by atoms with Crippen molar-refractivity contribution in [3.8, 4) is 0 Å². The van der Waals surface area contributed by atoms with Crippen molar-refractivity contribution in [3.63, 3.8) is 0 Å². The number of para-hydroxylation sites is 1. The molecule has 10 heteroatoms. The lowest BCUT2D eigenvalue weighted by Gasteiger charge is -2.06. The Morgan fingerprint density at radius 3 is 1.50 bits per heavy atom. The van der Waals surface area contributed by atoms with E-state index in [0.717, 1.165) is 16.7 Å². The fourth-order valence-corrected chi connectivity index (χ4v) is 5.18. The van der Waals surface area contributed by atoms with Gasteiger partial charge in [-0.1, -0.05) is 83.7 Å². The number of nitro groups is 1. The topological polar surface area (TPSA) is 118 Å². The van der Waals surface area contributed by atoms with Crippen LogP contribution in [-0.2, 0) is 0 Å². The molecule has 0 spiro atoms. The van der Waals surface area contributed by atoms with Crippen LogP contribution in [0.1, 0.15) is 20.7 Å². The lowest BCUT2D eigenvalue weighted by molar-refractivity contribution is -0.387. The van der Waals surface area contributed by atoms with Gasteiger partial charge in [0.1, 0.15) is 0 Å². The number of aromatic carboxylic acids is 2. The van der Waals surface area contributed by atoms with Crippen molar-refractivity contribution in [3.05, 3.63) is 123 Å². The van der Waals surface area contributed by atoms with Gasteiger partial charge in [0, 0.05) is 20.8 Å². The first kappa shape index (κ1) is 26.8. The third-order valence-corrected chi connectivity index (χ3v) is 7.31. The Balaban J connectivity index is 0.000000202. The quantitative estimate of drug-likeness (QED) is 0.182. The van der Waals surface area contributed by atoms with Crippen molar-refractivity contribution < 1.29 is 24.7 Å². The van der Waals surface area contributed by atoms with Crippen LogP contribution < -0.4 is 0 Å². The highest BCUT2D eigenvalue weighted by molar-refractivity contribution is 7.99. The number of rotatable bonds is 7. The summed E-state index contributed by atoms with van der Waals surface area (Å²) in [4.78, 5) is 35.0. The van der Waals surface area contributed by atoms with Gasteiger partial charge in [-0.2, -0.15) is 0 Å². The van der Waals surface area contributed by atoms with Crippen LogP contribution in [0.25, 0.3) is 0 Å². The number of hydrogen-bond donors (Lipinski definition) is 2. The summed E-state index contributed by atoms with van der Waals surface area (Å²) in [5.74, 6) is -1.98. The highest BCUT2D eigenvalue weighted by Crippen LogP contribution is 2.36. The van der Waals surface area contributed by atoms with E-state index in [0.29, 0.717) is 19.7 Å². The summed E-state index contributed by atoms with van der Waals surface area (Å²) in [6.07, 6.45) is 0. The molecular weight excluding hydrogens is 522 g/mol. The van der Waals surface area contributed by atoms with Crippen LogP contribution in [0.3, 0.4) is 0 Å². The molecule has 0 aliphatic heterocycles. The summed E-state index contributed by atoms with van der Waals surface area (Å²) in [6, 6.07) is 26.9.